The van der Waals surface area contributed by atoms with E-state index in [1.807, 2.05) is 42.5 Å². The fraction of sp³-hybridized carbons (Fsp3) is 0.125. The highest BCUT2D eigenvalue weighted by molar-refractivity contribution is 5.83. The summed E-state index contributed by atoms with van der Waals surface area (Å²) in [4.78, 5) is 19.0. The van der Waals surface area contributed by atoms with Crippen molar-refractivity contribution in [2.75, 3.05) is 11.4 Å². The maximum Gasteiger partial charge on any atom is 0.258 e. The average Bonchev–Trinajstić information content (AvgIpc) is 2.53. The summed E-state index contributed by atoms with van der Waals surface area (Å²) >= 11 is 0. The number of anilines is 2. The van der Waals surface area contributed by atoms with Crippen molar-refractivity contribution in [1.82, 2.24) is 9.96 Å². The molecule has 0 saturated heterocycles. The van der Waals surface area contributed by atoms with Crippen LogP contribution in [0.3, 0.4) is 0 Å². The van der Waals surface area contributed by atoms with Crippen molar-refractivity contribution < 1.29 is 1.41 Å². The molecule has 0 amide bonds. The molecule has 4 heteroatoms. The van der Waals surface area contributed by atoms with E-state index in [0.29, 0.717) is 10.9 Å². The van der Waals surface area contributed by atoms with Crippen LogP contribution < -0.4 is 10.5 Å². The predicted molar refractivity (Wildman–Crippen MR) is 81.5 cm³/mol. The van der Waals surface area contributed by atoms with Gasteiger partial charge in [-0.15, -0.1) is 0 Å². The van der Waals surface area contributed by atoms with Crippen LogP contribution in [0.15, 0.2) is 59.7 Å². The van der Waals surface area contributed by atoms with Gasteiger partial charge in [0.1, 0.15) is 0 Å². The lowest BCUT2D eigenvalue weighted by molar-refractivity contribution is 1.02. The average molecular weight is 266 g/mol. The molecule has 0 unspecified atom stereocenters. The largest absolute Gasteiger partial charge is 0.342 e. The summed E-state index contributed by atoms with van der Waals surface area (Å²) in [5.74, 6) is 0. The third kappa shape index (κ3) is 2.16. The predicted octanol–water partition coefficient (Wildman–Crippen LogP) is 3.08. The minimum atomic E-state index is -0.356. The zero-order valence-electron chi connectivity index (χ0n) is 12.2. The summed E-state index contributed by atoms with van der Waals surface area (Å²) in [5.41, 5.74) is 2.23. The molecule has 0 aliphatic rings. The monoisotopic (exact) mass is 266 g/mol. The van der Waals surface area contributed by atoms with Crippen LogP contribution >= 0.6 is 0 Å². The van der Waals surface area contributed by atoms with Gasteiger partial charge < -0.3 is 9.88 Å². The number of hydrogen-bond donors (Lipinski definition) is 1. The number of rotatable bonds is 3. The number of fused-ring (bicyclic) bond motifs is 1. The van der Waals surface area contributed by atoms with Gasteiger partial charge in [0.2, 0.25) is 0 Å². The molecule has 0 bridgehead atoms. The summed E-state index contributed by atoms with van der Waals surface area (Å²) in [6.45, 7) is 2.84. The Bertz CT molecular complexity index is 830. The fourth-order valence-corrected chi connectivity index (χ4v) is 2.31. The smallest absolute Gasteiger partial charge is 0.258 e. The molecule has 0 saturated carbocycles. The molecule has 20 heavy (non-hydrogen) atoms. The quantitative estimate of drug-likeness (QED) is 0.792. The molecule has 0 fully saturated rings. The van der Waals surface area contributed by atoms with Crippen LogP contribution in [0.5, 0.6) is 0 Å². The van der Waals surface area contributed by atoms with Crippen molar-refractivity contribution in [3.63, 3.8) is 0 Å². The lowest BCUT2D eigenvalue weighted by Crippen LogP contribution is -2.16. The lowest BCUT2D eigenvalue weighted by Gasteiger charge is -2.23. The fourth-order valence-electron chi connectivity index (χ4n) is 2.31. The van der Waals surface area contributed by atoms with Crippen LogP contribution in [-0.2, 0) is 0 Å². The first-order chi connectivity index (χ1) is 10.2. The van der Waals surface area contributed by atoms with E-state index < -0.39 is 0 Å². The normalized spacial score (nSPS) is 11.3. The highest BCUT2D eigenvalue weighted by atomic mass is 16.1. The van der Waals surface area contributed by atoms with E-state index in [2.05, 4.69) is 16.8 Å². The van der Waals surface area contributed by atoms with Gasteiger partial charge in [-0.2, -0.15) is 0 Å². The van der Waals surface area contributed by atoms with E-state index >= 15 is 0 Å². The van der Waals surface area contributed by atoms with Crippen molar-refractivity contribution in [2.45, 2.75) is 6.92 Å². The maximum atomic E-state index is 12.0. The third-order valence-electron chi connectivity index (χ3n) is 3.28. The van der Waals surface area contributed by atoms with Gasteiger partial charge in [-0.05, 0) is 37.3 Å². The van der Waals surface area contributed by atoms with Crippen molar-refractivity contribution in [3.05, 3.63) is 65.2 Å². The second-order valence-electron chi connectivity index (χ2n) is 4.46. The molecule has 1 aromatic heterocycles. The molecule has 0 aliphatic carbocycles. The molecule has 0 spiro atoms. The van der Waals surface area contributed by atoms with Gasteiger partial charge >= 0.3 is 0 Å². The molecular formula is C16H15N3O. The number of benzene rings is 2. The number of nitrogens with zero attached hydrogens (tertiary/aromatic N) is 2. The van der Waals surface area contributed by atoms with E-state index in [-0.39, 0.29) is 5.56 Å². The van der Waals surface area contributed by atoms with Crippen molar-refractivity contribution >= 4 is 22.3 Å². The summed E-state index contributed by atoms with van der Waals surface area (Å²) in [5, 5.41) is 0.458. The highest BCUT2D eigenvalue weighted by Gasteiger charge is 2.08. The number of para-hydroxylation sites is 1. The van der Waals surface area contributed by atoms with Crippen LogP contribution in [0.2, 0.25) is 1.41 Å². The number of nitrogens with one attached hydrogen (secondary N) is 1. The lowest BCUT2D eigenvalue weighted by atomic mass is 10.2. The van der Waals surface area contributed by atoms with Crippen LogP contribution in [-0.4, -0.2) is 16.5 Å². The summed E-state index contributed by atoms with van der Waals surface area (Å²) < 4.78 is 7.52. The van der Waals surface area contributed by atoms with Crippen molar-refractivity contribution in [3.8, 4) is 0 Å². The number of aromatic amines is 1. The van der Waals surface area contributed by atoms with Gasteiger partial charge in [0.15, 0.2) is 1.41 Å². The molecule has 4 nitrogen and oxygen atoms in total. The van der Waals surface area contributed by atoms with Crippen molar-refractivity contribution in [1.29, 1.82) is 0 Å². The van der Waals surface area contributed by atoms with E-state index in [0.717, 1.165) is 22.9 Å². The Kier molecular flexibility index (Phi) is 2.90. The second kappa shape index (κ2) is 5.17. The molecule has 3 rings (SSSR count). The molecule has 0 radical (unpaired) electrons. The molecule has 100 valence electrons. The standard InChI is InChI=1S/C16H15N3O/c1-2-19(12-6-4-3-5-7-12)13-8-9-15-14(10-13)16(20)18-11-17-15/h3-11H,2H2,1H3,(H,17,18,20)/i/hD. The molecule has 1 heterocycles. The minimum absolute atomic E-state index is 0.356. The first kappa shape index (κ1) is 11.2. The number of aromatic nitrogens is 2. The zero-order chi connectivity index (χ0) is 14.8. The highest BCUT2D eigenvalue weighted by Crippen LogP contribution is 2.26. The summed E-state index contributed by atoms with van der Waals surface area (Å²) in [6, 6.07) is 15.6. The zero-order valence-corrected chi connectivity index (χ0v) is 11.2. The Hall–Kier alpha value is -2.62. The van der Waals surface area contributed by atoms with E-state index in [1.54, 1.807) is 6.07 Å². The Morgan fingerprint density at radius 1 is 1.20 bits per heavy atom. The summed E-state index contributed by atoms with van der Waals surface area (Å²) in [7, 11) is 0. The van der Waals surface area contributed by atoms with Crippen LogP contribution in [0.25, 0.3) is 10.9 Å². The summed E-state index contributed by atoms with van der Waals surface area (Å²) in [6.07, 6.45) is 1.22. The Morgan fingerprint density at radius 2 is 2.00 bits per heavy atom. The molecular weight excluding hydrogens is 250 g/mol. The molecule has 2 aromatic carbocycles. The Morgan fingerprint density at radius 3 is 2.75 bits per heavy atom. The van der Waals surface area contributed by atoms with Gasteiger partial charge in [0.25, 0.3) is 5.56 Å². The topological polar surface area (TPSA) is 49.0 Å². The first-order valence-electron chi connectivity index (χ1n) is 6.98. The van der Waals surface area contributed by atoms with E-state index in [4.69, 9.17) is 1.41 Å². The molecule has 1 N–H and O–H groups in total. The van der Waals surface area contributed by atoms with E-state index in [9.17, 15) is 4.79 Å². The maximum absolute atomic E-state index is 12.0. The number of H-pyrrole nitrogens is 1. The Balaban J connectivity index is 2.16. The number of hydrogen-bond acceptors (Lipinski definition) is 3. The van der Waals surface area contributed by atoms with Crippen molar-refractivity contribution in [2.24, 2.45) is 0 Å². The second-order valence-corrected chi connectivity index (χ2v) is 4.46. The van der Waals surface area contributed by atoms with Crippen LogP contribution in [0.4, 0.5) is 11.4 Å². The van der Waals surface area contributed by atoms with Gasteiger partial charge in [0, 0.05) is 17.9 Å². The first-order valence-corrected chi connectivity index (χ1v) is 6.54. The third-order valence-corrected chi connectivity index (χ3v) is 3.28. The van der Waals surface area contributed by atoms with Gasteiger partial charge in [-0.25, -0.2) is 4.98 Å². The van der Waals surface area contributed by atoms with Crippen LogP contribution in [0, 0.1) is 0 Å². The SMILES string of the molecule is [2H]n1cnc2ccc(N(CC)c3ccccc3)cc2c1=O. The molecule has 3 aromatic rings. The molecule has 0 atom stereocenters. The Labute approximate surface area is 118 Å². The van der Waals surface area contributed by atoms with E-state index in [1.165, 1.54) is 6.33 Å². The van der Waals surface area contributed by atoms with Gasteiger partial charge in [0.05, 0.1) is 17.2 Å². The minimum Gasteiger partial charge on any atom is -0.342 e. The van der Waals surface area contributed by atoms with Crippen LogP contribution in [0.1, 0.15) is 6.92 Å². The molecule has 0 aliphatic heterocycles. The van der Waals surface area contributed by atoms with Gasteiger partial charge in [-0.3, -0.25) is 4.79 Å². The van der Waals surface area contributed by atoms with Gasteiger partial charge in [-0.1, -0.05) is 18.2 Å².